The lowest BCUT2D eigenvalue weighted by atomic mass is 10.1. The molecular formula is C12H10N2O4. The van der Waals surface area contributed by atoms with Crippen molar-refractivity contribution in [2.75, 3.05) is 0 Å². The summed E-state index contributed by atoms with van der Waals surface area (Å²) in [4.78, 5) is 27.2. The van der Waals surface area contributed by atoms with E-state index in [4.69, 9.17) is 9.84 Å². The van der Waals surface area contributed by atoms with Crippen molar-refractivity contribution in [2.45, 2.75) is 6.42 Å². The van der Waals surface area contributed by atoms with Crippen LogP contribution in [0.2, 0.25) is 0 Å². The highest BCUT2D eigenvalue weighted by molar-refractivity contribution is 5.70. The number of aliphatic carboxylic acids is 1. The number of benzene rings is 1. The molecule has 6 nitrogen and oxygen atoms in total. The standard InChI is InChI=1S/C12H10N2O4/c15-11(16)5-8-2-1-3-9(4-8)18-10-6-13-12(17)14-7-10/h1-4,6-7H,5H2,(H,15,16)(H,13,14,17). The lowest BCUT2D eigenvalue weighted by Gasteiger charge is -2.05. The third-order valence-electron chi connectivity index (χ3n) is 2.14. The fourth-order valence-electron chi connectivity index (χ4n) is 1.42. The second-order valence-electron chi connectivity index (χ2n) is 3.57. The number of aromatic nitrogens is 2. The molecule has 2 aromatic rings. The maximum absolute atomic E-state index is 10.8. The van der Waals surface area contributed by atoms with Crippen LogP contribution in [-0.4, -0.2) is 21.0 Å². The van der Waals surface area contributed by atoms with E-state index in [1.807, 2.05) is 0 Å². The van der Waals surface area contributed by atoms with Crippen molar-refractivity contribution in [1.29, 1.82) is 0 Å². The molecule has 0 aliphatic rings. The van der Waals surface area contributed by atoms with Crippen LogP contribution in [0.5, 0.6) is 11.5 Å². The Kier molecular flexibility index (Phi) is 3.38. The molecule has 1 aromatic heterocycles. The molecule has 18 heavy (non-hydrogen) atoms. The number of hydrogen-bond donors (Lipinski definition) is 2. The van der Waals surface area contributed by atoms with Crippen LogP contribution in [0.1, 0.15) is 5.56 Å². The number of nitrogens with zero attached hydrogens (tertiary/aromatic N) is 1. The summed E-state index contributed by atoms with van der Waals surface area (Å²) in [5, 5.41) is 8.69. The molecule has 0 unspecified atom stereocenters. The first-order valence-corrected chi connectivity index (χ1v) is 5.17. The Morgan fingerprint density at radius 1 is 1.39 bits per heavy atom. The predicted octanol–water partition coefficient (Wildman–Crippen LogP) is 1.19. The van der Waals surface area contributed by atoms with Gasteiger partial charge in [0.2, 0.25) is 0 Å². The average molecular weight is 246 g/mol. The van der Waals surface area contributed by atoms with E-state index in [0.29, 0.717) is 17.1 Å². The number of nitrogens with one attached hydrogen (secondary N) is 1. The molecular weight excluding hydrogens is 236 g/mol. The van der Waals surface area contributed by atoms with Gasteiger partial charge in [-0.05, 0) is 17.7 Å². The van der Waals surface area contributed by atoms with Gasteiger partial charge in [0.1, 0.15) is 5.75 Å². The normalized spacial score (nSPS) is 10.0. The number of carboxylic acids is 1. The van der Waals surface area contributed by atoms with Gasteiger partial charge in [0.25, 0.3) is 0 Å². The van der Waals surface area contributed by atoms with Gasteiger partial charge in [-0.15, -0.1) is 0 Å². The Balaban J connectivity index is 2.16. The van der Waals surface area contributed by atoms with Crippen LogP contribution in [0.15, 0.2) is 41.5 Å². The fraction of sp³-hybridized carbons (Fsp3) is 0.0833. The summed E-state index contributed by atoms with van der Waals surface area (Å²) in [7, 11) is 0. The minimum atomic E-state index is -0.905. The summed E-state index contributed by atoms with van der Waals surface area (Å²) >= 11 is 0. The molecule has 0 amide bonds. The summed E-state index contributed by atoms with van der Waals surface area (Å²) in [6.45, 7) is 0. The highest BCUT2D eigenvalue weighted by Crippen LogP contribution is 2.20. The quantitative estimate of drug-likeness (QED) is 0.845. The summed E-state index contributed by atoms with van der Waals surface area (Å²) < 4.78 is 5.43. The molecule has 0 radical (unpaired) electrons. The van der Waals surface area contributed by atoms with Crippen molar-refractivity contribution in [3.8, 4) is 11.5 Å². The monoisotopic (exact) mass is 246 g/mol. The Hall–Kier alpha value is -2.63. The Bertz CT molecular complexity index is 601. The maximum Gasteiger partial charge on any atom is 0.345 e. The Morgan fingerprint density at radius 3 is 2.89 bits per heavy atom. The van der Waals surface area contributed by atoms with Gasteiger partial charge in [0, 0.05) is 0 Å². The average Bonchev–Trinajstić information content (AvgIpc) is 2.32. The summed E-state index contributed by atoms with van der Waals surface area (Å²) in [6.07, 6.45) is 2.61. The number of aromatic amines is 1. The van der Waals surface area contributed by atoms with E-state index in [2.05, 4.69) is 9.97 Å². The third-order valence-corrected chi connectivity index (χ3v) is 2.14. The number of H-pyrrole nitrogens is 1. The molecule has 6 heteroatoms. The van der Waals surface area contributed by atoms with Crippen LogP contribution in [0.25, 0.3) is 0 Å². The van der Waals surface area contributed by atoms with E-state index in [1.165, 1.54) is 12.4 Å². The zero-order valence-electron chi connectivity index (χ0n) is 9.29. The van der Waals surface area contributed by atoms with Crippen LogP contribution >= 0.6 is 0 Å². The van der Waals surface area contributed by atoms with E-state index in [9.17, 15) is 9.59 Å². The number of ether oxygens (including phenoxy) is 1. The van der Waals surface area contributed by atoms with Gasteiger partial charge in [-0.25, -0.2) is 4.79 Å². The molecule has 0 saturated heterocycles. The van der Waals surface area contributed by atoms with Gasteiger partial charge >= 0.3 is 11.7 Å². The predicted molar refractivity (Wildman–Crippen MR) is 62.7 cm³/mol. The van der Waals surface area contributed by atoms with Gasteiger partial charge in [0.05, 0.1) is 18.8 Å². The Labute approximate surface area is 102 Å². The first-order valence-electron chi connectivity index (χ1n) is 5.17. The van der Waals surface area contributed by atoms with E-state index in [-0.39, 0.29) is 6.42 Å². The van der Waals surface area contributed by atoms with Crippen LogP contribution in [0, 0.1) is 0 Å². The van der Waals surface area contributed by atoms with Gasteiger partial charge in [-0.1, -0.05) is 12.1 Å². The van der Waals surface area contributed by atoms with Crippen LogP contribution < -0.4 is 10.4 Å². The van der Waals surface area contributed by atoms with E-state index in [1.54, 1.807) is 24.3 Å². The maximum atomic E-state index is 10.8. The van der Waals surface area contributed by atoms with Crippen LogP contribution in [0.3, 0.4) is 0 Å². The molecule has 1 aromatic carbocycles. The van der Waals surface area contributed by atoms with Gasteiger partial charge in [0.15, 0.2) is 5.75 Å². The Morgan fingerprint density at radius 2 is 2.22 bits per heavy atom. The molecule has 0 saturated carbocycles. The van der Waals surface area contributed by atoms with Crippen LogP contribution in [0.4, 0.5) is 0 Å². The van der Waals surface area contributed by atoms with Gasteiger partial charge in [-0.2, -0.15) is 4.98 Å². The summed E-state index contributed by atoms with van der Waals surface area (Å²) in [6, 6.07) is 6.72. The van der Waals surface area contributed by atoms with Crippen molar-refractivity contribution >= 4 is 5.97 Å². The largest absolute Gasteiger partial charge is 0.481 e. The molecule has 2 N–H and O–H groups in total. The first-order chi connectivity index (χ1) is 8.63. The lowest BCUT2D eigenvalue weighted by molar-refractivity contribution is -0.136. The molecule has 0 spiro atoms. The third kappa shape index (κ3) is 3.18. The highest BCUT2D eigenvalue weighted by Gasteiger charge is 2.03. The molecule has 0 atom stereocenters. The second kappa shape index (κ2) is 5.13. The zero-order chi connectivity index (χ0) is 13.0. The lowest BCUT2D eigenvalue weighted by Crippen LogP contribution is -2.07. The van der Waals surface area contributed by atoms with Crippen molar-refractivity contribution in [2.24, 2.45) is 0 Å². The van der Waals surface area contributed by atoms with Crippen LogP contribution in [-0.2, 0) is 11.2 Å². The zero-order valence-corrected chi connectivity index (χ0v) is 9.29. The molecule has 1 heterocycles. The summed E-state index contributed by atoms with van der Waals surface area (Å²) in [5.41, 5.74) is 0.180. The number of hydrogen-bond acceptors (Lipinski definition) is 4. The SMILES string of the molecule is O=C(O)Cc1cccc(Oc2cnc(=O)[nH]c2)c1. The highest BCUT2D eigenvalue weighted by atomic mass is 16.5. The minimum absolute atomic E-state index is 0.0684. The van der Waals surface area contributed by atoms with Crippen molar-refractivity contribution in [1.82, 2.24) is 9.97 Å². The molecule has 92 valence electrons. The van der Waals surface area contributed by atoms with Crippen molar-refractivity contribution in [3.05, 3.63) is 52.7 Å². The van der Waals surface area contributed by atoms with E-state index < -0.39 is 11.7 Å². The topological polar surface area (TPSA) is 92.3 Å². The van der Waals surface area contributed by atoms with Gasteiger partial charge in [-0.3, -0.25) is 4.79 Å². The smallest absolute Gasteiger partial charge is 0.345 e. The number of carboxylic acid groups (broad SMARTS) is 1. The fourth-order valence-corrected chi connectivity index (χ4v) is 1.42. The van der Waals surface area contributed by atoms with E-state index in [0.717, 1.165) is 0 Å². The minimum Gasteiger partial charge on any atom is -0.481 e. The van der Waals surface area contributed by atoms with Crippen molar-refractivity contribution in [3.63, 3.8) is 0 Å². The molecule has 0 bridgehead atoms. The summed E-state index contributed by atoms with van der Waals surface area (Å²) in [5.74, 6) is -0.0393. The number of carbonyl (C=O) groups is 1. The van der Waals surface area contributed by atoms with E-state index >= 15 is 0 Å². The second-order valence-corrected chi connectivity index (χ2v) is 3.57. The molecule has 0 fully saturated rings. The van der Waals surface area contributed by atoms with Crippen molar-refractivity contribution < 1.29 is 14.6 Å². The van der Waals surface area contributed by atoms with Gasteiger partial charge < -0.3 is 14.8 Å². The molecule has 0 aliphatic carbocycles. The number of rotatable bonds is 4. The molecule has 2 rings (SSSR count). The first kappa shape index (κ1) is 11.8. The molecule has 0 aliphatic heterocycles.